The van der Waals surface area contributed by atoms with Gasteiger partial charge in [-0.05, 0) is 17.7 Å². The number of nitrogens with zero attached hydrogens (tertiary/aromatic N) is 4. The molecule has 22 heavy (non-hydrogen) atoms. The van der Waals surface area contributed by atoms with Gasteiger partial charge in [0.1, 0.15) is 5.82 Å². The molecule has 1 aromatic carbocycles. The van der Waals surface area contributed by atoms with Crippen molar-refractivity contribution in [2.45, 2.75) is 6.54 Å². The van der Waals surface area contributed by atoms with Crippen LogP contribution in [0.4, 0.5) is 5.82 Å². The Labute approximate surface area is 131 Å². The van der Waals surface area contributed by atoms with Crippen LogP contribution in [0.15, 0.2) is 54.9 Å². The number of carbonyl (C=O) groups is 1. The normalized spacial score (nSPS) is 10.4. The highest BCUT2D eigenvalue weighted by atomic mass is 35.5. The minimum Gasteiger partial charge on any atom is -0.305 e. The lowest BCUT2D eigenvalue weighted by Gasteiger charge is -2.01. The lowest BCUT2D eigenvalue weighted by molar-refractivity contribution is 0.102. The maximum Gasteiger partial charge on any atom is 0.278 e. The van der Waals surface area contributed by atoms with Crippen LogP contribution in [0.2, 0.25) is 5.02 Å². The maximum atomic E-state index is 12.1. The largest absolute Gasteiger partial charge is 0.305 e. The van der Waals surface area contributed by atoms with Gasteiger partial charge in [-0.1, -0.05) is 47.1 Å². The maximum absolute atomic E-state index is 12.1. The Morgan fingerprint density at radius 3 is 2.73 bits per heavy atom. The second-order valence-electron chi connectivity index (χ2n) is 4.60. The zero-order valence-electron chi connectivity index (χ0n) is 11.5. The summed E-state index contributed by atoms with van der Waals surface area (Å²) in [5.74, 6) is 0.0427. The van der Waals surface area contributed by atoms with Crippen molar-refractivity contribution in [1.82, 2.24) is 20.0 Å². The van der Waals surface area contributed by atoms with E-state index in [2.05, 4.69) is 20.6 Å². The Balaban J connectivity index is 1.67. The minimum absolute atomic E-state index is 0.229. The van der Waals surface area contributed by atoms with Gasteiger partial charge < -0.3 is 5.32 Å². The lowest BCUT2D eigenvalue weighted by atomic mass is 10.2. The fourth-order valence-corrected chi connectivity index (χ4v) is 1.99. The average Bonchev–Trinajstić information content (AvgIpc) is 2.99. The first-order valence-corrected chi connectivity index (χ1v) is 6.95. The van der Waals surface area contributed by atoms with Crippen molar-refractivity contribution in [3.05, 3.63) is 71.1 Å². The molecule has 0 bridgehead atoms. The SMILES string of the molecule is O=C(Nc1ccc(Cl)cn1)c1cn(Cc2ccccc2)nn1. The Kier molecular flexibility index (Phi) is 4.11. The number of rotatable bonds is 4. The van der Waals surface area contributed by atoms with E-state index in [1.54, 1.807) is 23.0 Å². The number of pyridine rings is 1. The Morgan fingerprint density at radius 2 is 2.00 bits per heavy atom. The smallest absolute Gasteiger partial charge is 0.278 e. The van der Waals surface area contributed by atoms with Crippen molar-refractivity contribution < 1.29 is 4.79 Å². The molecule has 0 fully saturated rings. The molecule has 1 N–H and O–H groups in total. The molecule has 0 unspecified atom stereocenters. The highest BCUT2D eigenvalue weighted by molar-refractivity contribution is 6.30. The number of aromatic nitrogens is 4. The van der Waals surface area contributed by atoms with E-state index < -0.39 is 0 Å². The number of amides is 1. The second-order valence-corrected chi connectivity index (χ2v) is 5.04. The van der Waals surface area contributed by atoms with Crippen LogP contribution < -0.4 is 5.32 Å². The molecule has 1 amide bonds. The number of anilines is 1. The summed E-state index contributed by atoms with van der Waals surface area (Å²) in [5.41, 5.74) is 1.31. The third kappa shape index (κ3) is 3.48. The molecule has 7 heteroatoms. The molecule has 2 aromatic heterocycles. The summed E-state index contributed by atoms with van der Waals surface area (Å²) < 4.78 is 1.61. The zero-order valence-corrected chi connectivity index (χ0v) is 12.2. The number of hydrogen-bond donors (Lipinski definition) is 1. The molecule has 3 aromatic rings. The van der Waals surface area contributed by atoms with E-state index >= 15 is 0 Å². The first kappa shape index (κ1) is 14.2. The summed E-state index contributed by atoms with van der Waals surface area (Å²) in [7, 11) is 0. The van der Waals surface area contributed by atoms with Gasteiger partial charge in [0.2, 0.25) is 0 Å². The molecule has 0 saturated carbocycles. The molecule has 0 aliphatic rings. The van der Waals surface area contributed by atoms with Gasteiger partial charge in [0.15, 0.2) is 5.69 Å². The van der Waals surface area contributed by atoms with Crippen molar-refractivity contribution in [3.63, 3.8) is 0 Å². The summed E-state index contributed by atoms with van der Waals surface area (Å²) in [6.07, 6.45) is 3.06. The van der Waals surface area contributed by atoms with Gasteiger partial charge >= 0.3 is 0 Å². The lowest BCUT2D eigenvalue weighted by Crippen LogP contribution is -2.13. The molecule has 3 rings (SSSR count). The highest BCUT2D eigenvalue weighted by Gasteiger charge is 2.11. The van der Waals surface area contributed by atoms with E-state index in [1.807, 2.05) is 30.3 Å². The zero-order chi connectivity index (χ0) is 15.4. The Bertz CT molecular complexity index is 770. The van der Waals surface area contributed by atoms with Gasteiger partial charge in [0.25, 0.3) is 5.91 Å². The molecule has 0 radical (unpaired) electrons. The molecule has 0 atom stereocenters. The molecular formula is C15H12ClN5O. The summed E-state index contributed by atoms with van der Waals surface area (Å²) in [6, 6.07) is 13.1. The van der Waals surface area contributed by atoms with Crippen LogP contribution in [0.1, 0.15) is 16.1 Å². The number of benzene rings is 1. The van der Waals surface area contributed by atoms with Gasteiger partial charge in [-0.15, -0.1) is 5.10 Å². The van der Waals surface area contributed by atoms with Crippen LogP contribution in [-0.2, 0) is 6.54 Å². The van der Waals surface area contributed by atoms with Crippen LogP contribution in [-0.4, -0.2) is 25.9 Å². The third-order valence-corrected chi connectivity index (χ3v) is 3.15. The van der Waals surface area contributed by atoms with Gasteiger partial charge in [-0.3, -0.25) is 4.79 Å². The first-order valence-electron chi connectivity index (χ1n) is 6.58. The average molecular weight is 314 g/mol. The van der Waals surface area contributed by atoms with E-state index in [0.29, 0.717) is 17.4 Å². The molecule has 6 nitrogen and oxygen atoms in total. The third-order valence-electron chi connectivity index (χ3n) is 2.93. The van der Waals surface area contributed by atoms with Crippen molar-refractivity contribution in [1.29, 1.82) is 0 Å². The standard InChI is InChI=1S/C15H12ClN5O/c16-12-6-7-14(17-8-12)18-15(22)13-10-21(20-19-13)9-11-4-2-1-3-5-11/h1-8,10H,9H2,(H,17,18,22). The number of halogens is 1. The Hall–Kier alpha value is -2.73. The first-order chi connectivity index (χ1) is 10.7. The van der Waals surface area contributed by atoms with Gasteiger partial charge in [-0.25, -0.2) is 9.67 Å². The molecule has 0 saturated heterocycles. The fourth-order valence-electron chi connectivity index (χ4n) is 1.88. The van der Waals surface area contributed by atoms with Crippen LogP contribution in [0.25, 0.3) is 0 Å². The predicted molar refractivity (Wildman–Crippen MR) is 82.8 cm³/mol. The second kappa shape index (κ2) is 6.36. The van der Waals surface area contributed by atoms with Crippen molar-refractivity contribution in [3.8, 4) is 0 Å². The van der Waals surface area contributed by atoms with Gasteiger partial charge in [-0.2, -0.15) is 0 Å². The van der Waals surface area contributed by atoms with Crippen molar-refractivity contribution in [2.75, 3.05) is 5.32 Å². The van der Waals surface area contributed by atoms with Crippen molar-refractivity contribution >= 4 is 23.3 Å². The predicted octanol–water partition coefficient (Wildman–Crippen LogP) is 2.63. The van der Waals surface area contributed by atoms with Crippen LogP contribution in [0, 0.1) is 0 Å². The number of hydrogen-bond acceptors (Lipinski definition) is 4. The summed E-state index contributed by atoms with van der Waals surface area (Å²) >= 11 is 5.74. The molecule has 110 valence electrons. The minimum atomic E-state index is -0.367. The fraction of sp³-hybridized carbons (Fsp3) is 0.0667. The number of carbonyl (C=O) groups excluding carboxylic acids is 1. The number of nitrogens with one attached hydrogen (secondary N) is 1. The van der Waals surface area contributed by atoms with Crippen LogP contribution >= 0.6 is 11.6 Å². The molecular weight excluding hydrogens is 302 g/mol. The quantitative estimate of drug-likeness (QED) is 0.803. The van der Waals surface area contributed by atoms with E-state index in [0.717, 1.165) is 5.56 Å². The highest BCUT2D eigenvalue weighted by Crippen LogP contribution is 2.10. The van der Waals surface area contributed by atoms with Gasteiger partial charge in [0.05, 0.1) is 17.8 Å². The van der Waals surface area contributed by atoms with Crippen LogP contribution in [0.5, 0.6) is 0 Å². The molecule has 0 aliphatic carbocycles. The summed E-state index contributed by atoms with van der Waals surface area (Å²) in [6.45, 7) is 0.556. The molecule has 2 heterocycles. The molecule has 0 aliphatic heterocycles. The van der Waals surface area contributed by atoms with E-state index in [9.17, 15) is 4.79 Å². The summed E-state index contributed by atoms with van der Waals surface area (Å²) in [4.78, 5) is 16.1. The van der Waals surface area contributed by atoms with E-state index in [1.165, 1.54) is 6.20 Å². The van der Waals surface area contributed by atoms with Crippen LogP contribution in [0.3, 0.4) is 0 Å². The van der Waals surface area contributed by atoms with Gasteiger partial charge in [0, 0.05) is 6.20 Å². The van der Waals surface area contributed by atoms with E-state index in [4.69, 9.17) is 11.6 Å². The monoisotopic (exact) mass is 313 g/mol. The Morgan fingerprint density at radius 1 is 1.18 bits per heavy atom. The van der Waals surface area contributed by atoms with Crippen molar-refractivity contribution in [2.24, 2.45) is 0 Å². The summed E-state index contributed by atoms with van der Waals surface area (Å²) in [5, 5.41) is 11.0. The van der Waals surface area contributed by atoms with E-state index in [-0.39, 0.29) is 11.6 Å². The molecule has 0 spiro atoms. The topological polar surface area (TPSA) is 72.7 Å².